The van der Waals surface area contributed by atoms with E-state index < -0.39 is 12.0 Å². The van der Waals surface area contributed by atoms with Gasteiger partial charge in [-0.2, -0.15) is 0 Å². The van der Waals surface area contributed by atoms with Crippen molar-refractivity contribution in [2.24, 2.45) is 5.92 Å². The van der Waals surface area contributed by atoms with Crippen LogP contribution in [0.1, 0.15) is 31.4 Å². The quantitative estimate of drug-likeness (QED) is 0.763. The van der Waals surface area contributed by atoms with Crippen LogP contribution in [0.5, 0.6) is 0 Å². The van der Waals surface area contributed by atoms with Gasteiger partial charge in [0.05, 0.1) is 16.1 Å². The average Bonchev–Trinajstić information content (AvgIpc) is 2.70. The predicted molar refractivity (Wildman–Crippen MR) is 109 cm³/mol. The number of carboxylic acids is 1. The van der Waals surface area contributed by atoms with Crippen molar-refractivity contribution >= 4 is 40.9 Å². The van der Waals surface area contributed by atoms with Crippen molar-refractivity contribution in [2.75, 3.05) is 11.4 Å². The molecule has 1 amide bonds. The molecular weight excluding hydrogens is 401 g/mol. The first-order valence-electron chi connectivity index (χ1n) is 9.03. The van der Waals surface area contributed by atoms with Crippen LogP contribution < -0.4 is 10.2 Å². The Labute approximate surface area is 173 Å². The molecule has 2 N–H and O–H groups in total. The molecule has 1 aromatic heterocycles. The second-order valence-electron chi connectivity index (χ2n) is 6.83. The Kier molecular flexibility index (Phi) is 6.42. The third-order valence-electron chi connectivity index (χ3n) is 4.99. The van der Waals surface area contributed by atoms with E-state index in [2.05, 4.69) is 15.2 Å². The van der Waals surface area contributed by atoms with Crippen molar-refractivity contribution in [1.82, 2.24) is 10.3 Å². The minimum Gasteiger partial charge on any atom is -0.480 e. The molecule has 8 heteroatoms. The summed E-state index contributed by atoms with van der Waals surface area (Å²) < 4.78 is 0. The van der Waals surface area contributed by atoms with E-state index in [1.54, 1.807) is 12.3 Å². The molecule has 3 atom stereocenters. The molecule has 1 aliphatic rings. The Balaban J connectivity index is 1.90. The van der Waals surface area contributed by atoms with Gasteiger partial charge >= 0.3 is 5.97 Å². The minimum atomic E-state index is -1.06. The number of aromatic nitrogens is 1. The molecule has 0 saturated carbocycles. The van der Waals surface area contributed by atoms with E-state index in [4.69, 9.17) is 28.3 Å². The standard InChI is InChI=1S/C20H21Cl2N3O3/c1-12(20(27)28)24-19(26)13-8-10-25(17-7-2-3-9-23-17)16(11-13)14-5-4-6-15(21)18(14)22/h2-7,9,12-13,16H,8,10-11H2,1H3,(H,24,26)(H,27,28). The Morgan fingerprint density at radius 2 is 2.04 bits per heavy atom. The number of pyridine rings is 1. The van der Waals surface area contributed by atoms with Crippen molar-refractivity contribution in [3.05, 3.63) is 58.2 Å². The highest BCUT2D eigenvalue weighted by atomic mass is 35.5. The van der Waals surface area contributed by atoms with Crippen LogP contribution in [-0.4, -0.2) is 34.6 Å². The third-order valence-corrected chi connectivity index (χ3v) is 5.82. The van der Waals surface area contributed by atoms with Gasteiger partial charge in [-0.05, 0) is 43.5 Å². The van der Waals surface area contributed by atoms with E-state index in [9.17, 15) is 9.59 Å². The molecule has 0 spiro atoms. The molecule has 1 aliphatic heterocycles. The Bertz CT molecular complexity index is 863. The molecule has 148 valence electrons. The van der Waals surface area contributed by atoms with Crippen molar-refractivity contribution in [1.29, 1.82) is 0 Å². The zero-order valence-electron chi connectivity index (χ0n) is 15.3. The van der Waals surface area contributed by atoms with Crippen molar-refractivity contribution in [3.8, 4) is 0 Å². The number of piperidine rings is 1. The number of hydrogen-bond acceptors (Lipinski definition) is 4. The zero-order valence-corrected chi connectivity index (χ0v) is 16.8. The largest absolute Gasteiger partial charge is 0.480 e. The lowest BCUT2D eigenvalue weighted by Gasteiger charge is -2.40. The number of carbonyl (C=O) groups excluding carboxylic acids is 1. The number of carboxylic acid groups (broad SMARTS) is 1. The molecular formula is C20H21Cl2N3O3. The third kappa shape index (κ3) is 4.39. The zero-order chi connectivity index (χ0) is 20.3. The van der Waals surface area contributed by atoms with Crippen molar-refractivity contribution < 1.29 is 14.7 Å². The molecule has 3 unspecified atom stereocenters. The van der Waals surface area contributed by atoms with E-state index in [1.807, 2.05) is 30.3 Å². The summed E-state index contributed by atoms with van der Waals surface area (Å²) in [6, 6.07) is 9.98. The number of hydrogen-bond donors (Lipinski definition) is 2. The first kappa shape index (κ1) is 20.4. The summed E-state index contributed by atoms with van der Waals surface area (Å²) in [6.45, 7) is 2.04. The van der Waals surface area contributed by atoms with E-state index in [-0.39, 0.29) is 17.9 Å². The van der Waals surface area contributed by atoms with Gasteiger partial charge < -0.3 is 15.3 Å². The van der Waals surface area contributed by atoms with Gasteiger partial charge in [0.2, 0.25) is 5.91 Å². The molecule has 1 fully saturated rings. The summed E-state index contributed by atoms with van der Waals surface area (Å²) in [5, 5.41) is 12.5. The van der Waals surface area contributed by atoms with Crippen LogP contribution in [0.2, 0.25) is 10.0 Å². The van der Waals surface area contributed by atoms with Gasteiger partial charge in [-0.25, -0.2) is 4.98 Å². The van der Waals surface area contributed by atoms with Gasteiger partial charge in [0.1, 0.15) is 11.9 Å². The summed E-state index contributed by atoms with van der Waals surface area (Å²) in [7, 11) is 0. The van der Waals surface area contributed by atoms with E-state index >= 15 is 0 Å². The first-order valence-corrected chi connectivity index (χ1v) is 9.79. The van der Waals surface area contributed by atoms with Gasteiger partial charge in [-0.15, -0.1) is 0 Å². The summed E-state index contributed by atoms with van der Waals surface area (Å²) in [5.74, 6) is -0.865. The lowest BCUT2D eigenvalue weighted by molar-refractivity contribution is -0.142. The fraction of sp³-hybridized carbons (Fsp3) is 0.350. The van der Waals surface area contributed by atoms with Crippen LogP contribution in [0.15, 0.2) is 42.6 Å². The highest BCUT2D eigenvalue weighted by molar-refractivity contribution is 6.42. The monoisotopic (exact) mass is 421 g/mol. The highest BCUT2D eigenvalue weighted by Gasteiger charge is 2.35. The fourth-order valence-corrected chi connectivity index (χ4v) is 3.90. The molecule has 0 bridgehead atoms. The SMILES string of the molecule is CC(NC(=O)C1CCN(c2ccccn2)C(c2cccc(Cl)c2Cl)C1)C(=O)O. The maximum Gasteiger partial charge on any atom is 0.325 e. The van der Waals surface area contributed by atoms with Crippen LogP contribution in [0, 0.1) is 5.92 Å². The summed E-state index contributed by atoms with van der Waals surface area (Å²) in [6.07, 6.45) is 2.79. The summed E-state index contributed by atoms with van der Waals surface area (Å²) >= 11 is 12.7. The molecule has 6 nitrogen and oxygen atoms in total. The Morgan fingerprint density at radius 1 is 1.25 bits per heavy atom. The minimum absolute atomic E-state index is 0.203. The van der Waals surface area contributed by atoms with Crippen molar-refractivity contribution in [2.45, 2.75) is 31.8 Å². The van der Waals surface area contributed by atoms with Gasteiger partial charge in [0, 0.05) is 18.7 Å². The van der Waals surface area contributed by atoms with Crippen LogP contribution in [0.3, 0.4) is 0 Å². The Hall–Kier alpha value is -2.31. The molecule has 2 aromatic rings. The fourth-order valence-electron chi connectivity index (χ4n) is 3.47. The number of amides is 1. The number of aliphatic carboxylic acids is 1. The molecule has 2 heterocycles. The number of benzene rings is 1. The van der Waals surface area contributed by atoms with E-state index in [1.165, 1.54) is 6.92 Å². The van der Waals surface area contributed by atoms with Gasteiger partial charge in [-0.3, -0.25) is 9.59 Å². The number of anilines is 1. The van der Waals surface area contributed by atoms with Crippen LogP contribution in [-0.2, 0) is 9.59 Å². The normalized spacial score (nSPS) is 20.5. The molecule has 0 radical (unpaired) electrons. The van der Waals surface area contributed by atoms with Crippen LogP contribution in [0.25, 0.3) is 0 Å². The molecule has 1 aromatic carbocycles. The molecule has 0 aliphatic carbocycles. The van der Waals surface area contributed by atoms with Crippen LogP contribution in [0.4, 0.5) is 5.82 Å². The lowest BCUT2D eigenvalue weighted by atomic mass is 9.86. The number of nitrogens with one attached hydrogen (secondary N) is 1. The van der Waals surface area contributed by atoms with Gasteiger partial charge in [-0.1, -0.05) is 41.4 Å². The highest BCUT2D eigenvalue weighted by Crippen LogP contribution is 2.41. The summed E-state index contributed by atoms with van der Waals surface area (Å²) in [4.78, 5) is 30.2. The second-order valence-corrected chi connectivity index (χ2v) is 7.62. The first-order chi connectivity index (χ1) is 13.4. The molecule has 28 heavy (non-hydrogen) atoms. The van der Waals surface area contributed by atoms with Gasteiger partial charge in [0.15, 0.2) is 0 Å². The van der Waals surface area contributed by atoms with Crippen molar-refractivity contribution in [3.63, 3.8) is 0 Å². The van der Waals surface area contributed by atoms with Gasteiger partial charge in [0.25, 0.3) is 0 Å². The summed E-state index contributed by atoms with van der Waals surface area (Å²) in [5.41, 5.74) is 0.823. The average molecular weight is 422 g/mol. The topological polar surface area (TPSA) is 82.5 Å². The van der Waals surface area contributed by atoms with E-state index in [0.717, 1.165) is 11.4 Å². The molecule has 1 saturated heterocycles. The molecule has 3 rings (SSSR count). The lowest BCUT2D eigenvalue weighted by Crippen LogP contribution is -2.46. The number of carbonyl (C=O) groups is 2. The maximum absolute atomic E-state index is 12.6. The number of halogens is 2. The second kappa shape index (κ2) is 8.80. The smallest absolute Gasteiger partial charge is 0.325 e. The predicted octanol–water partition coefficient (Wildman–Crippen LogP) is 3.94. The van der Waals surface area contributed by atoms with Crippen LogP contribution >= 0.6 is 23.2 Å². The van der Waals surface area contributed by atoms with E-state index in [0.29, 0.717) is 29.4 Å². The number of rotatable bonds is 5. The number of nitrogens with zero attached hydrogens (tertiary/aromatic N) is 2. The Morgan fingerprint density at radius 3 is 2.71 bits per heavy atom. The maximum atomic E-state index is 12.6.